The molecule has 3 N–H and O–H groups in total. The molecule has 2 aromatic carbocycles. The largest absolute Gasteiger partial charge is 0.497 e. The van der Waals surface area contributed by atoms with Crippen LogP contribution in [-0.4, -0.2) is 65.3 Å². The normalized spacial score (nSPS) is 19.4. The van der Waals surface area contributed by atoms with Gasteiger partial charge in [0.05, 0.1) is 25.2 Å². The van der Waals surface area contributed by atoms with E-state index in [1.165, 1.54) is 37.4 Å². The van der Waals surface area contributed by atoms with Crippen molar-refractivity contribution in [3.63, 3.8) is 0 Å². The van der Waals surface area contributed by atoms with E-state index in [0.717, 1.165) is 66.1 Å². The standard InChI is InChI=1S/C35H45N3O3.C7H6O.CH5N.CH2O/c1-7-11-23(2)38(5)34(40)35-21-31(35)30-20-27(41-6)16-14-25(30)18-29(24-12-9-8-10-13-24)28-17-15-26(33(39)36-3)19-32(28)37(4)22-35;1-2-4-7-5-3-6-8-7;2*1-2/h14-20,24,31H,2,7-13,21-22H2,1,3-6H3,(H,36,39);1,3,5-6H,4H2;2H2,1H3;1H2/b29-18+;;;. The number of carbonyl (C=O) groups is 3. The Morgan fingerprint density at radius 3 is 2.45 bits per heavy atom. The van der Waals surface area contributed by atoms with Crippen molar-refractivity contribution in [1.29, 1.82) is 0 Å². The minimum absolute atomic E-state index is 0.0620. The van der Waals surface area contributed by atoms with Crippen molar-refractivity contribution in [3.8, 4) is 18.1 Å². The fourth-order valence-corrected chi connectivity index (χ4v) is 7.63. The lowest BCUT2D eigenvalue weighted by atomic mass is 9.78. The van der Waals surface area contributed by atoms with Crippen molar-refractivity contribution >= 4 is 35.9 Å². The van der Waals surface area contributed by atoms with Crippen LogP contribution in [0.5, 0.6) is 5.75 Å². The second-order valence-electron chi connectivity index (χ2n) is 13.7. The van der Waals surface area contributed by atoms with Crippen LogP contribution in [0.1, 0.15) is 97.0 Å². The molecule has 9 heteroatoms. The van der Waals surface area contributed by atoms with Gasteiger partial charge >= 0.3 is 0 Å². The number of hydrogen-bond donors (Lipinski definition) is 2. The lowest BCUT2D eigenvalue weighted by Crippen LogP contribution is -2.41. The van der Waals surface area contributed by atoms with Crippen LogP contribution in [0.15, 0.2) is 71.5 Å². The van der Waals surface area contributed by atoms with E-state index < -0.39 is 5.41 Å². The van der Waals surface area contributed by atoms with Crippen LogP contribution in [0.3, 0.4) is 0 Å². The maximum Gasteiger partial charge on any atom is 0.251 e. The number of nitrogens with one attached hydrogen (secondary N) is 1. The first-order valence-electron chi connectivity index (χ1n) is 18.4. The minimum atomic E-state index is -0.599. The van der Waals surface area contributed by atoms with E-state index in [2.05, 4.69) is 66.7 Å². The predicted octanol–water partition coefficient (Wildman–Crippen LogP) is 7.72. The van der Waals surface area contributed by atoms with Gasteiger partial charge in [-0.2, -0.15) is 0 Å². The number of nitrogens with two attached hydrogens (primary N) is 1. The Kier molecular flexibility index (Phi) is 16.2. The molecule has 2 atom stereocenters. The molecule has 284 valence electrons. The SMILES string of the molecule is C#CCc1ccco1.C=C(CCC)N(C)C(=O)C12CC1c1cc(OC)ccc1/C=C(\C1CCCCC1)c1ccc(C(=O)NC)cc1N(C)C2.C=O.CN. The summed E-state index contributed by atoms with van der Waals surface area (Å²) in [6.07, 6.45) is 18.1. The average Bonchev–Trinajstić information content (AvgIpc) is 3.69. The van der Waals surface area contributed by atoms with E-state index in [1.54, 1.807) is 25.3 Å². The van der Waals surface area contributed by atoms with Gasteiger partial charge in [-0.15, -0.1) is 6.42 Å². The summed E-state index contributed by atoms with van der Waals surface area (Å²) >= 11 is 0. The third kappa shape index (κ3) is 9.88. The number of fused-ring (bicyclic) bond motifs is 4. The smallest absolute Gasteiger partial charge is 0.251 e. The van der Waals surface area contributed by atoms with E-state index in [0.29, 0.717) is 24.4 Å². The van der Waals surface area contributed by atoms with E-state index in [9.17, 15) is 9.59 Å². The van der Waals surface area contributed by atoms with Crippen LogP contribution >= 0.6 is 0 Å². The number of hydrogen-bond acceptors (Lipinski definition) is 7. The van der Waals surface area contributed by atoms with Gasteiger partial charge in [-0.25, -0.2) is 0 Å². The number of terminal acetylenes is 1. The summed E-state index contributed by atoms with van der Waals surface area (Å²) in [7, 11) is 8.81. The average molecular weight is 723 g/mol. The molecule has 2 amide bonds. The molecule has 2 fully saturated rings. The molecular weight excluding hydrogens is 665 g/mol. The number of carbonyl (C=O) groups excluding carboxylic acids is 3. The summed E-state index contributed by atoms with van der Waals surface area (Å²) in [5, 5.41) is 2.78. The molecule has 1 aliphatic heterocycles. The lowest BCUT2D eigenvalue weighted by molar-refractivity contribution is -0.133. The summed E-state index contributed by atoms with van der Waals surface area (Å²) in [5.41, 5.74) is 11.2. The van der Waals surface area contributed by atoms with Gasteiger partial charge < -0.3 is 34.8 Å². The molecule has 2 heterocycles. The Hall–Kier alpha value is -5.07. The third-order valence-corrected chi connectivity index (χ3v) is 10.4. The van der Waals surface area contributed by atoms with Crippen molar-refractivity contribution < 1.29 is 23.5 Å². The van der Waals surface area contributed by atoms with Crippen molar-refractivity contribution in [2.75, 3.05) is 46.7 Å². The first-order valence-corrected chi connectivity index (χ1v) is 18.4. The Labute approximate surface area is 316 Å². The van der Waals surface area contributed by atoms with Gasteiger partial charge in [0.25, 0.3) is 5.91 Å². The molecule has 2 unspecified atom stereocenters. The summed E-state index contributed by atoms with van der Waals surface area (Å²) in [6, 6.07) is 16.1. The number of rotatable bonds is 8. The van der Waals surface area contributed by atoms with E-state index in [4.69, 9.17) is 20.4 Å². The Morgan fingerprint density at radius 2 is 1.85 bits per heavy atom. The number of benzene rings is 2. The van der Waals surface area contributed by atoms with Gasteiger partial charge in [-0.1, -0.05) is 63.3 Å². The third-order valence-electron chi connectivity index (χ3n) is 10.4. The van der Waals surface area contributed by atoms with E-state index >= 15 is 0 Å². The van der Waals surface area contributed by atoms with Crippen molar-refractivity contribution in [2.24, 2.45) is 17.1 Å². The molecule has 9 nitrogen and oxygen atoms in total. The van der Waals surface area contributed by atoms with Crippen LogP contribution < -0.4 is 20.7 Å². The summed E-state index contributed by atoms with van der Waals surface area (Å²) in [5.74, 6) is 4.66. The van der Waals surface area contributed by atoms with Crippen molar-refractivity contribution in [3.05, 3.63) is 95.1 Å². The molecule has 0 radical (unpaired) electrons. The first kappa shape index (κ1) is 42.3. The minimum Gasteiger partial charge on any atom is -0.497 e. The van der Waals surface area contributed by atoms with Gasteiger partial charge in [0.15, 0.2) is 0 Å². The molecule has 1 aromatic heterocycles. The number of methoxy groups -OCH3 is 1. The molecular formula is C44H58N4O5. The van der Waals surface area contributed by atoms with E-state index in [-0.39, 0.29) is 17.7 Å². The number of ether oxygens (including phenoxy) is 1. The molecule has 6 rings (SSSR count). The topological polar surface area (TPSA) is 118 Å². The Bertz CT molecular complexity index is 1750. The van der Waals surface area contributed by atoms with Gasteiger partial charge in [0, 0.05) is 56.1 Å². The van der Waals surface area contributed by atoms with Crippen LogP contribution in [0.25, 0.3) is 11.6 Å². The zero-order valence-electron chi connectivity index (χ0n) is 32.5. The molecule has 0 spiro atoms. The fourth-order valence-electron chi connectivity index (χ4n) is 7.63. The predicted molar refractivity (Wildman–Crippen MR) is 216 cm³/mol. The quantitative estimate of drug-likeness (QED) is 0.229. The highest BCUT2D eigenvalue weighted by molar-refractivity contribution is 5.98. The number of allylic oxidation sites excluding steroid dienone is 2. The zero-order valence-corrected chi connectivity index (χ0v) is 32.5. The number of nitrogens with zero attached hydrogens (tertiary/aromatic N) is 2. The van der Waals surface area contributed by atoms with Crippen LogP contribution in [0.2, 0.25) is 0 Å². The van der Waals surface area contributed by atoms with Crippen molar-refractivity contribution in [1.82, 2.24) is 10.2 Å². The molecule has 2 aliphatic carbocycles. The highest BCUT2D eigenvalue weighted by Gasteiger charge is 2.62. The monoisotopic (exact) mass is 722 g/mol. The Morgan fingerprint density at radius 1 is 1.13 bits per heavy atom. The van der Waals surface area contributed by atoms with E-state index in [1.807, 2.05) is 44.2 Å². The number of amides is 2. The molecule has 53 heavy (non-hydrogen) atoms. The zero-order chi connectivity index (χ0) is 39.1. The van der Waals surface area contributed by atoms with Gasteiger partial charge in [-0.3, -0.25) is 9.59 Å². The van der Waals surface area contributed by atoms with Gasteiger partial charge in [0.1, 0.15) is 18.3 Å². The lowest BCUT2D eigenvalue weighted by Gasteiger charge is -2.34. The summed E-state index contributed by atoms with van der Waals surface area (Å²) in [6.45, 7) is 8.90. The molecule has 0 saturated heterocycles. The highest BCUT2D eigenvalue weighted by Crippen LogP contribution is 2.63. The number of anilines is 1. The number of furan rings is 1. The molecule has 0 bridgehead atoms. The highest BCUT2D eigenvalue weighted by atomic mass is 16.5. The van der Waals surface area contributed by atoms with Crippen LogP contribution in [0.4, 0.5) is 5.69 Å². The Balaban J connectivity index is 0.000000545. The molecule has 3 aromatic rings. The molecule has 3 aliphatic rings. The van der Waals surface area contributed by atoms with Crippen LogP contribution in [-0.2, 0) is 16.0 Å². The maximum atomic E-state index is 14.3. The van der Waals surface area contributed by atoms with Gasteiger partial charge in [0.2, 0.25) is 5.91 Å². The van der Waals surface area contributed by atoms with Crippen LogP contribution in [0, 0.1) is 23.7 Å². The second kappa shape index (κ2) is 20.2. The summed E-state index contributed by atoms with van der Waals surface area (Å²) in [4.78, 5) is 39.1. The van der Waals surface area contributed by atoms with Gasteiger partial charge in [-0.05, 0) is 91.7 Å². The maximum absolute atomic E-state index is 14.3. The first-order chi connectivity index (χ1) is 25.7. The summed E-state index contributed by atoms with van der Waals surface area (Å²) < 4.78 is 10.6. The fraction of sp³-hybridized carbons (Fsp3) is 0.432. The molecule has 2 saturated carbocycles. The van der Waals surface area contributed by atoms with Crippen molar-refractivity contribution in [2.45, 2.75) is 70.6 Å². The second-order valence-corrected chi connectivity index (χ2v) is 13.7.